The Morgan fingerprint density at radius 3 is 2.67 bits per heavy atom. The van der Waals surface area contributed by atoms with E-state index in [1.807, 2.05) is 6.92 Å². The summed E-state index contributed by atoms with van der Waals surface area (Å²) in [5, 5.41) is 13.8. The van der Waals surface area contributed by atoms with E-state index in [2.05, 4.69) is 10.3 Å². The molecule has 0 aliphatic carbocycles. The second-order valence-corrected chi connectivity index (χ2v) is 4.86. The largest absolute Gasteiger partial charge is 0.370 e. The van der Waals surface area contributed by atoms with Crippen LogP contribution < -0.4 is 5.32 Å². The normalized spacial score (nSPS) is 10.4. The average Bonchev–Trinajstić information content (AvgIpc) is 2.42. The lowest BCUT2D eigenvalue weighted by Gasteiger charge is -2.09. The topological polar surface area (TPSA) is 68.1 Å². The van der Waals surface area contributed by atoms with E-state index in [-0.39, 0.29) is 11.5 Å². The van der Waals surface area contributed by atoms with E-state index in [4.69, 9.17) is 0 Å². The van der Waals surface area contributed by atoms with Gasteiger partial charge in [-0.1, -0.05) is 6.07 Å². The van der Waals surface area contributed by atoms with Crippen LogP contribution in [0.3, 0.4) is 0 Å². The van der Waals surface area contributed by atoms with Crippen LogP contribution in [0, 0.1) is 29.8 Å². The summed E-state index contributed by atoms with van der Waals surface area (Å²) in [7, 11) is 0. The molecule has 0 radical (unpaired) electrons. The summed E-state index contributed by atoms with van der Waals surface area (Å²) in [4.78, 5) is 14.2. The predicted molar refractivity (Wildman–Crippen MR) is 79.0 cm³/mol. The predicted octanol–water partition coefficient (Wildman–Crippen LogP) is 3.40. The molecule has 21 heavy (non-hydrogen) atoms. The average molecular weight is 289 g/mol. The van der Waals surface area contributed by atoms with E-state index in [0.29, 0.717) is 12.4 Å². The summed E-state index contributed by atoms with van der Waals surface area (Å²) in [6, 6.07) is 6.20. The highest BCUT2D eigenvalue weighted by molar-refractivity contribution is 5.48. The number of pyridine rings is 1. The van der Waals surface area contributed by atoms with E-state index in [9.17, 15) is 14.5 Å². The van der Waals surface area contributed by atoms with E-state index in [0.717, 1.165) is 23.1 Å². The number of aromatic nitrogens is 1. The maximum absolute atomic E-state index is 13.0. The molecule has 0 saturated carbocycles. The molecule has 110 valence electrons. The zero-order chi connectivity index (χ0) is 15.4. The highest BCUT2D eigenvalue weighted by Crippen LogP contribution is 2.18. The van der Waals surface area contributed by atoms with Crippen LogP contribution >= 0.6 is 0 Å². The van der Waals surface area contributed by atoms with Crippen molar-refractivity contribution in [2.45, 2.75) is 20.3 Å². The van der Waals surface area contributed by atoms with Crippen LogP contribution in [0.1, 0.15) is 16.7 Å². The number of rotatable bonds is 5. The van der Waals surface area contributed by atoms with Crippen LogP contribution in [-0.4, -0.2) is 16.5 Å². The number of anilines is 1. The van der Waals surface area contributed by atoms with Gasteiger partial charge in [0.25, 0.3) is 5.69 Å². The fraction of sp³-hybridized carbons (Fsp3) is 0.267. The molecule has 0 atom stereocenters. The van der Waals surface area contributed by atoms with Gasteiger partial charge < -0.3 is 5.32 Å². The van der Waals surface area contributed by atoms with Crippen molar-refractivity contribution in [1.82, 2.24) is 4.98 Å². The molecule has 1 aromatic carbocycles. The zero-order valence-corrected chi connectivity index (χ0v) is 11.9. The summed E-state index contributed by atoms with van der Waals surface area (Å²) in [6.45, 7) is 4.26. The maximum Gasteiger partial charge on any atom is 0.287 e. The van der Waals surface area contributed by atoms with Crippen molar-refractivity contribution in [3.63, 3.8) is 0 Å². The number of nitrogens with one attached hydrogen (secondary N) is 1. The minimum atomic E-state index is -0.467. The quantitative estimate of drug-likeness (QED) is 0.676. The molecule has 0 aliphatic rings. The highest BCUT2D eigenvalue weighted by Gasteiger charge is 2.09. The fourth-order valence-corrected chi connectivity index (χ4v) is 2.10. The molecule has 1 N–H and O–H groups in total. The Labute approximate surface area is 122 Å². The smallest absolute Gasteiger partial charge is 0.287 e. The van der Waals surface area contributed by atoms with Gasteiger partial charge >= 0.3 is 0 Å². The molecule has 5 nitrogen and oxygen atoms in total. The summed E-state index contributed by atoms with van der Waals surface area (Å²) >= 11 is 0. The molecule has 1 aromatic heterocycles. The van der Waals surface area contributed by atoms with Gasteiger partial charge in [0.1, 0.15) is 17.8 Å². The number of benzene rings is 1. The van der Waals surface area contributed by atoms with Gasteiger partial charge in [0.15, 0.2) is 0 Å². The van der Waals surface area contributed by atoms with Crippen LogP contribution in [-0.2, 0) is 6.42 Å². The SMILES string of the molecule is Cc1cc(F)ccc1CCNc1ncc([N+](=O)[O-])cc1C. The van der Waals surface area contributed by atoms with Crippen molar-refractivity contribution in [3.05, 3.63) is 63.1 Å². The first-order valence-electron chi connectivity index (χ1n) is 6.57. The molecule has 0 fully saturated rings. The Hall–Kier alpha value is -2.50. The standard InChI is InChI=1S/C15H16FN3O2/c1-10-7-13(16)4-3-12(10)5-6-17-15-11(2)8-14(9-18-15)19(20)21/h3-4,7-9H,5-6H2,1-2H3,(H,17,18). The van der Waals surface area contributed by atoms with Gasteiger partial charge in [-0.2, -0.15) is 0 Å². The monoisotopic (exact) mass is 289 g/mol. The molecule has 0 amide bonds. The first-order chi connectivity index (χ1) is 9.97. The van der Waals surface area contributed by atoms with Gasteiger partial charge in [-0.3, -0.25) is 10.1 Å². The van der Waals surface area contributed by atoms with Gasteiger partial charge in [0.05, 0.1) is 4.92 Å². The molecule has 0 aliphatic heterocycles. The number of hydrogen-bond acceptors (Lipinski definition) is 4. The molecular formula is C15H16FN3O2. The summed E-state index contributed by atoms with van der Waals surface area (Å²) in [5.41, 5.74) is 2.67. The third-order valence-electron chi connectivity index (χ3n) is 3.27. The first kappa shape index (κ1) is 14.9. The van der Waals surface area contributed by atoms with Crippen molar-refractivity contribution in [2.24, 2.45) is 0 Å². The molecule has 0 spiro atoms. The van der Waals surface area contributed by atoms with Gasteiger partial charge in [-0.05, 0) is 49.1 Å². The Morgan fingerprint density at radius 1 is 1.29 bits per heavy atom. The molecule has 0 saturated heterocycles. The van der Waals surface area contributed by atoms with E-state index < -0.39 is 4.92 Å². The fourth-order valence-electron chi connectivity index (χ4n) is 2.10. The van der Waals surface area contributed by atoms with Crippen LogP contribution in [0.15, 0.2) is 30.5 Å². The van der Waals surface area contributed by atoms with Gasteiger partial charge in [-0.25, -0.2) is 9.37 Å². The van der Waals surface area contributed by atoms with Crippen molar-refractivity contribution in [2.75, 3.05) is 11.9 Å². The Balaban J connectivity index is 1.99. The Morgan fingerprint density at radius 2 is 2.05 bits per heavy atom. The lowest BCUT2D eigenvalue weighted by atomic mass is 10.1. The van der Waals surface area contributed by atoms with Crippen molar-refractivity contribution in [1.29, 1.82) is 0 Å². The maximum atomic E-state index is 13.0. The van der Waals surface area contributed by atoms with Gasteiger partial charge in [-0.15, -0.1) is 0 Å². The van der Waals surface area contributed by atoms with E-state index in [1.54, 1.807) is 13.0 Å². The zero-order valence-electron chi connectivity index (χ0n) is 11.9. The number of hydrogen-bond donors (Lipinski definition) is 1. The molecule has 0 unspecified atom stereocenters. The van der Waals surface area contributed by atoms with Crippen molar-refractivity contribution in [3.8, 4) is 0 Å². The lowest BCUT2D eigenvalue weighted by Crippen LogP contribution is -2.08. The number of nitro groups is 1. The number of halogens is 1. The second-order valence-electron chi connectivity index (χ2n) is 4.86. The highest BCUT2D eigenvalue weighted by atomic mass is 19.1. The number of aryl methyl sites for hydroxylation is 2. The molecular weight excluding hydrogens is 273 g/mol. The van der Waals surface area contributed by atoms with Crippen LogP contribution in [0.4, 0.5) is 15.9 Å². The van der Waals surface area contributed by atoms with E-state index in [1.165, 1.54) is 24.4 Å². The molecule has 6 heteroatoms. The van der Waals surface area contributed by atoms with Crippen LogP contribution in [0.2, 0.25) is 0 Å². The number of nitrogens with zero attached hydrogens (tertiary/aromatic N) is 2. The molecule has 2 aromatic rings. The molecule has 0 bridgehead atoms. The molecule has 2 rings (SSSR count). The van der Waals surface area contributed by atoms with Crippen molar-refractivity contribution >= 4 is 11.5 Å². The van der Waals surface area contributed by atoms with Crippen LogP contribution in [0.5, 0.6) is 0 Å². The van der Waals surface area contributed by atoms with Crippen LogP contribution in [0.25, 0.3) is 0 Å². The third kappa shape index (κ3) is 3.75. The Kier molecular flexibility index (Phi) is 4.47. The summed E-state index contributed by atoms with van der Waals surface area (Å²) < 4.78 is 13.0. The summed E-state index contributed by atoms with van der Waals surface area (Å²) in [5.74, 6) is 0.387. The van der Waals surface area contributed by atoms with Gasteiger partial charge in [0, 0.05) is 12.6 Å². The lowest BCUT2D eigenvalue weighted by molar-refractivity contribution is -0.385. The second kappa shape index (κ2) is 6.30. The van der Waals surface area contributed by atoms with E-state index >= 15 is 0 Å². The molecule has 1 heterocycles. The van der Waals surface area contributed by atoms with Gasteiger partial charge in [0.2, 0.25) is 0 Å². The minimum Gasteiger partial charge on any atom is -0.370 e. The minimum absolute atomic E-state index is 0.0209. The first-order valence-corrected chi connectivity index (χ1v) is 6.57. The summed E-state index contributed by atoms with van der Waals surface area (Å²) in [6.07, 6.45) is 1.96. The third-order valence-corrected chi connectivity index (χ3v) is 3.27. The Bertz CT molecular complexity index is 674. The van der Waals surface area contributed by atoms with Crippen molar-refractivity contribution < 1.29 is 9.31 Å².